The Bertz CT molecular complexity index is 465. The van der Waals surface area contributed by atoms with Crippen LogP contribution in [0, 0.1) is 5.41 Å². The first-order chi connectivity index (χ1) is 9.10. The molecule has 0 bridgehead atoms. The molecule has 0 atom stereocenters. The number of nitrogens with two attached hydrogens (primary N) is 1. The average molecular weight is 300 g/mol. The first-order valence-corrected chi connectivity index (χ1v) is 7.55. The van der Waals surface area contributed by atoms with E-state index in [1.165, 1.54) is 12.8 Å². The molecule has 2 rings (SSSR count). The molecular formula is C15H19Cl2NO. The normalized spacial score (nSPS) is 18.9. The molecule has 2 N–H and O–H groups in total. The summed E-state index contributed by atoms with van der Waals surface area (Å²) in [6.07, 6.45) is 6.18. The molecule has 19 heavy (non-hydrogen) atoms. The highest BCUT2D eigenvalue weighted by molar-refractivity contribution is 6.44. The number of hydrogen-bond donors (Lipinski definition) is 1. The van der Waals surface area contributed by atoms with Gasteiger partial charge in [0.25, 0.3) is 0 Å². The van der Waals surface area contributed by atoms with Gasteiger partial charge in [0.2, 0.25) is 0 Å². The third-order valence-corrected chi connectivity index (χ3v) is 4.95. The zero-order chi connectivity index (χ0) is 13.9. The summed E-state index contributed by atoms with van der Waals surface area (Å²) in [6.45, 7) is 0.384. The molecule has 0 radical (unpaired) electrons. The Labute approximate surface area is 124 Å². The van der Waals surface area contributed by atoms with Gasteiger partial charge >= 0.3 is 0 Å². The Hall–Kier alpha value is -0.570. The topological polar surface area (TPSA) is 43.1 Å². The van der Waals surface area contributed by atoms with Crippen molar-refractivity contribution in [3.8, 4) is 0 Å². The van der Waals surface area contributed by atoms with Gasteiger partial charge in [0, 0.05) is 17.5 Å². The van der Waals surface area contributed by atoms with Crippen molar-refractivity contribution in [1.29, 1.82) is 0 Å². The van der Waals surface area contributed by atoms with E-state index in [4.69, 9.17) is 28.9 Å². The second kappa shape index (κ2) is 6.25. The summed E-state index contributed by atoms with van der Waals surface area (Å²) >= 11 is 12.2. The monoisotopic (exact) mass is 299 g/mol. The molecule has 0 spiro atoms. The van der Waals surface area contributed by atoms with Crippen molar-refractivity contribution in [3.05, 3.63) is 33.8 Å². The van der Waals surface area contributed by atoms with Gasteiger partial charge in [-0.2, -0.15) is 0 Å². The van der Waals surface area contributed by atoms with Crippen molar-refractivity contribution in [2.75, 3.05) is 6.54 Å². The van der Waals surface area contributed by atoms with Crippen LogP contribution in [0.4, 0.5) is 0 Å². The average Bonchev–Trinajstić information content (AvgIpc) is 2.67. The number of halogens is 2. The van der Waals surface area contributed by atoms with Crippen molar-refractivity contribution in [1.82, 2.24) is 0 Å². The molecule has 2 nitrogen and oxygen atoms in total. The van der Waals surface area contributed by atoms with Crippen LogP contribution < -0.4 is 5.73 Å². The largest absolute Gasteiger partial charge is 0.329 e. The van der Waals surface area contributed by atoms with Gasteiger partial charge in [-0.05, 0) is 25.0 Å². The molecule has 0 unspecified atom stereocenters. The van der Waals surface area contributed by atoms with Gasteiger partial charge in [0.1, 0.15) is 0 Å². The highest BCUT2D eigenvalue weighted by atomic mass is 35.5. The molecular weight excluding hydrogens is 281 g/mol. The van der Waals surface area contributed by atoms with Gasteiger partial charge in [-0.15, -0.1) is 0 Å². The molecule has 1 aromatic carbocycles. The Kier molecular flexibility index (Phi) is 4.88. The smallest absolute Gasteiger partial charge is 0.171 e. The summed E-state index contributed by atoms with van der Waals surface area (Å²) in [7, 11) is 0. The first kappa shape index (κ1) is 14.8. The number of benzene rings is 1. The Morgan fingerprint density at radius 3 is 2.37 bits per heavy atom. The van der Waals surface area contributed by atoms with Crippen LogP contribution in [0.15, 0.2) is 18.2 Å². The van der Waals surface area contributed by atoms with Gasteiger partial charge in [-0.1, -0.05) is 55.0 Å². The van der Waals surface area contributed by atoms with E-state index in [1.54, 1.807) is 18.2 Å². The van der Waals surface area contributed by atoms with Crippen molar-refractivity contribution < 1.29 is 4.79 Å². The van der Waals surface area contributed by atoms with E-state index in [1.807, 2.05) is 0 Å². The Balaban J connectivity index is 2.37. The van der Waals surface area contributed by atoms with E-state index in [2.05, 4.69) is 0 Å². The highest BCUT2D eigenvalue weighted by Crippen LogP contribution is 2.39. The molecule has 0 aromatic heterocycles. The summed E-state index contributed by atoms with van der Waals surface area (Å²) in [5, 5.41) is 0.777. The lowest BCUT2D eigenvalue weighted by atomic mass is 9.74. The second-order valence-corrected chi connectivity index (χ2v) is 6.11. The number of Topliss-reactive ketones (excluding diaryl/α,β-unsaturated/α-hetero) is 1. The predicted octanol–water partition coefficient (Wildman–Crippen LogP) is 4.48. The van der Waals surface area contributed by atoms with Crippen molar-refractivity contribution in [2.45, 2.75) is 38.5 Å². The van der Waals surface area contributed by atoms with E-state index in [0.29, 0.717) is 22.2 Å². The number of rotatable bonds is 3. The molecule has 0 saturated heterocycles. The number of carbonyl (C=O) groups is 1. The van der Waals surface area contributed by atoms with Crippen LogP contribution in [-0.2, 0) is 0 Å². The van der Waals surface area contributed by atoms with Gasteiger partial charge in [-0.3, -0.25) is 4.79 Å². The quantitative estimate of drug-likeness (QED) is 0.661. The molecule has 1 saturated carbocycles. The molecule has 0 amide bonds. The fourth-order valence-electron chi connectivity index (χ4n) is 2.89. The van der Waals surface area contributed by atoms with E-state index < -0.39 is 5.41 Å². The highest BCUT2D eigenvalue weighted by Gasteiger charge is 2.38. The molecule has 1 fully saturated rings. The van der Waals surface area contributed by atoms with Crippen LogP contribution >= 0.6 is 23.2 Å². The summed E-state index contributed by atoms with van der Waals surface area (Å²) < 4.78 is 0. The molecule has 0 aliphatic heterocycles. The van der Waals surface area contributed by atoms with E-state index >= 15 is 0 Å². The van der Waals surface area contributed by atoms with Crippen LogP contribution in [0.5, 0.6) is 0 Å². The lowest BCUT2D eigenvalue weighted by molar-refractivity contribution is 0.0774. The third-order valence-electron chi connectivity index (χ3n) is 4.13. The SMILES string of the molecule is NCC1(C(=O)c2cccc(Cl)c2Cl)CCCCCC1. The standard InChI is InChI=1S/C15H19Cl2NO/c16-12-7-5-6-11(13(12)17)14(19)15(10-18)8-3-1-2-4-9-15/h5-7H,1-4,8-10,18H2. The van der Waals surface area contributed by atoms with Crippen molar-refractivity contribution in [2.24, 2.45) is 11.1 Å². The minimum atomic E-state index is -0.454. The number of carbonyl (C=O) groups excluding carboxylic acids is 1. The molecule has 0 heterocycles. The fraction of sp³-hybridized carbons (Fsp3) is 0.533. The number of ketones is 1. The molecule has 1 aromatic rings. The maximum Gasteiger partial charge on any atom is 0.171 e. The maximum absolute atomic E-state index is 12.9. The van der Waals surface area contributed by atoms with Gasteiger partial charge < -0.3 is 5.73 Å². The van der Waals surface area contributed by atoms with Crippen LogP contribution in [0.25, 0.3) is 0 Å². The van der Waals surface area contributed by atoms with Crippen molar-refractivity contribution in [3.63, 3.8) is 0 Å². The number of hydrogen-bond acceptors (Lipinski definition) is 2. The molecule has 4 heteroatoms. The van der Waals surface area contributed by atoms with Crippen molar-refractivity contribution >= 4 is 29.0 Å². The summed E-state index contributed by atoms with van der Waals surface area (Å²) in [5.74, 6) is 0.0596. The third kappa shape index (κ3) is 2.96. The predicted molar refractivity (Wildman–Crippen MR) is 80.0 cm³/mol. The maximum atomic E-state index is 12.9. The van der Waals surface area contributed by atoms with E-state index in [9.17, 15) is 4.79 Å². The Morgan fingerprint density at radius 1 is 1.16 bits per heavy atom. The molecule has 1 aliphatic rings. The van der Waals surface area contributed by atoms with E-state index in [0.717, 1.165) is 25.7 Å². The zero-order valence-corrected chi connectivity index (χ0v) is 12.4. The molecule has 104 valence electrons. The van der Waals surface area contributed by atoms with E-state index in [-0.39, 0.29) is 5.78 Å². The van der Waals surface area contributed by atoms with Gasteiger partial charge in [0.15, 0.2) is 5.78 Å². The van der Waals surface area contributed by atoms with Crippen LogP contribution in [-0.4, -0.2) is 12.3 Å². The summed E-state index contributed by atoms with van der Waals surface area (Å²) in [6, 6.07) is 5.21. The van der Waals surface area contributed by atoms with Gasteiger partial charge in [-0.25, -0.2) is 0 Å². The molecule has 1 aliphatic carbocycles. The van der Waals surface area contributed by atoms with Crippen LogP contribution in [0.3, 0.4) is 0 Å². The fourth-order valence-corrected chi connectivity index (χ4v) is 3.28. The summed E-state index contributed by atoms with van der Waals surface area (Å²) in [4.78, 5) is 12.9. The van der Waals surface area contributed by atoms with Crippen LogP contribution in [0.1, 0.15) is 48.9 Å². The zero-order valence-electron chi connectivity index (χ0n) is 10.9. The first-order valence-electron chi connectivity index (χ1n) is 6.80. The Morgan fingerprint density at radius 2 is 1.79 bits per heavy atom. The minimum Gasteiger partial charge on any atom is -0.329 e. The second-order valence-electron chi connectivity index (χ2n) is 5.33. The summed E-state index contributed by atoms with van der Waals surface area (Å²) in [5.41, 5.74) is 6.00. The lowest BCUT2D eigenvalue weighted by Crippen LogP contribution is -2.38. The lowest BCUT2D eigenvalue weighted by Gasteiger charge is -2.30. The minimum absolute atomic E-state index is 0.0596. The van der Waals surface area contributed by atoms with Crippen LogP contribution in [0.2, 0.25) is 10.0 Å². The van der Waals surface area contributed by atoms with Gasteiger partial charge in [0.05, 0.1) is 10.0 Å².